The Balaban J connectivity index is 2.94. The monoisotopic (exact) mass is 234 g/mol. The number of nitrogens with one attached hydrogen (secondary N) is 1. The summed E-state index contributed by atoms with van der Waals surface area (Å²) in [4.78, 5) is 4.48. The van der Waals surface area contributed by atoms with Crippen molar-refractivity contribution < 1.29 is 0 Å². The molecule has 96 valence electrons. The van der Waals surface area contributed by atoms with Crippen LogP contribution in [0.3, 0.4) is 0 Å². The third-order valence-corrected chi connectivity index (χ3v) is 3.04. The predicted octanol–water partition coefficient (Wildman–Crippen LogP) is 3.80. The highest BCUT2D eigenvalue weighted by atomic mass is 14.9. The van der Waals surface area contributed by atoms with Gasteiger partial charge in [0.25, 0.3) is 0 Å². The molecule has 0 aromatic carbocycles. The van der Waals surface area contributed by atoms with Crippen molar-refractivity contribution >= 4 is 0 Å². The topological polar surface area (TPSA) is 24.9 Å². The van der Waals surface area contributed by atoms with Gasteiger partial charge in [-0.25, -0.2) is 0 Å². The molecule has 1 rings (SSSR count). The van der Waals surface area contributed by atoms with Gasteiger partial charge in [-0.15, -0.1) is 0 Å². The van der Waals surface area contributed by atoms with Gasteiger partial charge in [-0.2, -0.15) is 0 Å². The van der Waals surface area contributed by atoms with E-state index in [-0.39, 0.29) is 5.41 Å². The molecule has 1 aromatic heterocycles. The highest BCUT2D eigenvalue weighted by Crippen LogP contribution is 2.41. The summed E-state index contributed by atoms with van der Waals surface area (Å²) < 4.78 is 0. The summed E-state index contributed by atoms with van der Waals surface area (Å²) >= 11 is 0. The smallest absolute Gasteiger partial charge is 0.0578 e. The first-order valence-corrected chi connectivity index (χ1v) is 6.34. The van der Waals surface area contributed by atoms with E-state index in [1.807, 2.05) is 19.3 Å². The average Bonchev–Trinajstić information content (AvgIpc) is 2.15. The normalized spacial score (nSPS) is 14.7. The molecule has 0 aliphatic carbocycles. The average molecular weight is 234 g/mol. The van der Waals surface area contributed by atoms with E-state index < -0.39 is 0 Å². The van der Waals surface area contributed by atoms with Crippen LogP contribution < -0.4 is 5.32 Å². The van der Waals surface area contributed by atoms with Gasteiger partial charge >= 0.3 is 0 Å². The molecule has 1 unspecified atom stereocenters. The van der Waals surface area contributed by atoms with Gasteiger partial charge in [0.05, 0.1) is 11.7 Å². The largest absolute Gasteiger partial charge is 0.311 e. The van der Waals surface area contributed by atoms with Gasteiger partial charge in [0.15, 0.2) is 0 Å². The standard InChI is InChI=1S/C15H26N2/c1-14(2,3)11-15(4,5)13(16-6)12-9-7-8-10-17-12/h7-10,13,16H,11H2,1-6H3. The molecule has 0 fully saturated rings. The lowest BCUT2D eigenvalue weighted by molar-refractivity contribution is 0.156. The van der Waals surface area contributed by atoms with Crippen molar-refractivity contribution in [3.63, 3.8) is 0 Å². The van der Waals surface area contributed by atoms with Gasteiger partial charge in [0.2, 0.25) is 0 Å². The van der Waals surface area contributed by atoms with Crippen LogP contribution in [-0.4, -0.2) is 12.0 Å². The number of hydrogen-bond donors (Lipinski definition) is 1. The van der Waals surface area contributed by atoms with Gasteiger partial charge in [0.1, 0.15) is 0 Å². The maximum absolute atomic E-state index is 4.48. The van der Waals surface area contributed by atoms with Crippen molar-refractivity contribution in [3.05, 3.63) is 30.1 Å². The third-order valence-electron chi connectivity index (χ3n) is 3.04. The Morgan fingerprint density at radius 3 is 2.24 bits per heavy atom. The van der Waals surface area contributed by atoms with Crippen molar-refractivity contribution in [2.24, 2.45) is 10.8 Å². The summed E-state index contributed by atoms with van der Waals surface area (Å²) in [6.45, 7) is 11.5. The van der Waals surface area contributed by atoms with Gasteiger partial charge in [0, 0.05) is 6.20 Å². The molecule has 0 spiro atoms. The fourth-order valence-electron chi connectivity index (χ4n) is 2.95. The lowest BCUT2D eigenvalue weighted by Gasteiger charge is -2.38. The Morgan fingerprint density at radius 1 is 1.18 bits per heavy atom. The number of pyridine rings is 1. The van der Waals surface area contributed by atoms with Crippen LogP contribution in [0.15, 0.2) is 24.4 Å². The second kappa shape index (κ2) is 5.18. The second-order valence-electron chi connectivity index (χ2n) is 6.70. The molecule has 0 saturated heterocycles. The van der Waals surface area contributed by atoms with Crippen molar-refractivity contribution in [2.45, 2.75) is 47.1 Å². The van der Waals surface area contributed by atoms with E-state index in [4.69, 9.17) is 0 Å². The lowest BCUT2D eigenvalue weighted by atomic mass is 9.71. The number of hydrogen-bond acceptors (Lipinski definition) is 2. The molecule has 0 aliphatic heterocycles. The van der Waals surface area contributed by atoms with Crippen molar-refractivity contribution in [1.82, 2.24) is 10.3 Å². The molecule has 0 aliphatic rings. The van der Waals surface area contributed by atoms with E-state index in [9.17, 15) is 0 Å². The van der Waals surface area contributed by atoms with Crippen LogP contribution in [0.5, 0.6) is 0 Å². The molecule has 0 amide bonds. The highest BCUT2D eigenvalue weighted by Gasteiger charge is 2.34. The van der Waals surface area contributed by atoms with E-state index in [0.29, 0.717) is 11.5 Å². The zero-order chi connectivity index (χ0) is 13.1. The number of nitrogens with zero attached hydrogens (tertiary/aromatic N) is 1. The molecular formula is C15H26N2. The van der Waals surface area contributed by atoms with E-state index in [0.717, 1.165) is 12.1 Å². The molecule has 0 bridgehead atoms. The number of rotatable bonds is 4. The van der Waals surface area contributed by atoms with Crippen molar-refractivity contribution in [3.8, 4) is 0 Å². The molecule has 2 heteroatoms. The van der Waals surface area contributed by atoms with E-state index in [2.05, 4.69) is 57.1 Å². The minimum Gasteiger partial charge on any atom is -0.311 e. The lowest BCUT2D eigenvalue weighted by Crippen LogP contribution is -2.35. The Labute approximate surface area is 106 Å². The fourth-order valence-corrected chi connectivity index (χ4v) is 2.95. The molecule has 1 atom stereocenters. The highest BCUT2D eigenvalue weighted by molar-refractivity contribution is 5.12. The molecule has 2 nitrogen and oxygen atoms in total. The summed E-state index contributed by atoms with van der Waals surface area (Å²) in [6.07, 6.45) is 3.02. The van der Waals surface area contributed by atoms with Crippen LogP contribution in [0.2, 0.25) is 0 Å². The zero-order valence-corrected chi connectivity index (χ0v) is 12.0. The fraction of sp³-hybridized carbons (Fsp3) is 0.667. The summed E-state index contributed by atoms with van der Waals surface area (Å²) in [6, 6.07) is 6.42. The predicted molar refractivity (Wildman–Crippen MR) is 73.9 cm³/mol. The van der Waals surface area contributed by atoms with Crippen molar-refractivity contribution in [2.75, 3.05) is 7.05 Å². The summed E-state index contributed by atoms with van der Waals surface area (Å²) in [7, 11) is 2.02. The minimum absolute atomic E-state index is 0.182. The maximum Gasteiger partial charge on any atom is 0.0578 e. The Morgan fingerprint density at radius 2 is 1.82 bits per heavy atom. The summed E-state index contributed by atoms with van der Waals surface area (Å²) in [5, 5.41) is 3.42. The summed E-state index contributed by atoms with van der Waals surface area (Å²) in [5.74, 6) is 0. The maximum atomic E-state index is 4.48. The molecule has 0 radical (unpaired) electrons. The molecule has 1 aromatic rings. The summed E-state index contributed by atoms with van der Waals surface area (Å²) in [5.41, 5.74) is 1.64. The number of aromatic nitrogens is 1. The molecule has 1 heterocycles. The Kier molecular flexibility index (Phi) is 4.31. The molecule has 1 N–H and O–H groups in total. The van der Waals surface area contributed by atoms with Crippen LogP contribution in [0.4, 0.5) is 0 Å². The van der Waals surface area contributed by atoms with Crippen molar-refractivity contribution in [1.29, 1.82) is 0 Å². The second-order valence-corrected chi connectivity index (χ2v) is 6.70. The van der Waals surface area contributed by atoms with E-state index in [1.54, 1.807) is 0 Å². The van der Waals surface area contributed by atoms with Crippen LogP contribution in [0.25, 0.3) is 0 Å². The van der Waals surface area contributed by atoms with Crippen LogP contribution in [-0.2, 0) is 0 Å². The van der Waals surface area contributed by atoms with Crippen LogP contribution >= 0.6 is 0 Å². The zero-order valence-electron chi connectivity index (χ0n) is 12.0. The first kappa shape index (κ1) is 14.2. The minimum atomic E-state index is 0.182. The third kappa shape index (κ3) is 4.12. The molecular weight excluding hydrogens is 208 g/mol. The molecule has 0 saturated carbocycles. The Hall–Kier alpha value is -0.890. The van der Waals surface area contributed by atoms with Gasteiger partial charge in [-0.3, -0.25) is 4.98 Å². The van der Waals surface area contributed by atoms with E-state index in [1.165, 1.54) is 0 Å². The van der Waals surface area contributed by atoms with Crippen LogP contribution in [0.1, 0.15) is 52.8 Å². The quantitative estimate of drug-likeness (QED) is 0.857. The van der Waals surface area contributed by atoms with Crippen LogP contribution in [0, 0.1) is 10.8 Å². The Bertz CT molecular complexity index is 336. The van der Waals surface area contributed by atoms with Gasteiger partial charge in [-0.1, -0.05) is 40.7 Å². The van der Waals surface area contributed by atoms with E-state index >= 15 is 0 Å². The van der Waals surface area contributed by atoms with Gasteiger partial charge in [-0.05, 0) is 36.4 Å². The first-order chi connectivity index (χ1) is 7.76. The first-order valence-electron chi connectivity index (χ1n) is 6.34. The SMILES string of the molecule is CNC(c1ccccn1)C(C)(C)CC(C)(C)C. The molecule has 17 heavy (non-hydrogen) atoms. The van der Waals surface area contributed by atoms with Gasteiger partial charge < -0.3 is 5.32 Å².